The first-order chi connectivity index (χ1) is 9.97. The minimum atomic E-state index is 0.499. The molecule has 1 aliphatic rings. The summed E-state index contributed by atoms with van der Waals surface area (Å²) in [5.74, 6) is 1.79. The fourth-order valence-corrected chi connectivity index (χ4v) is 3.42. The van der Waals surface area contributed by atoms with E-state index in [0.29, 0.717) is 6.04 Å². The molecule has 1 aliphatic heterocycles. The van der Waals surface area contributed by atoms with Crippen molar-refractivity contribution in [3.05, 3.63) is 12.3 Å². The van der Waals surface area contributed by atoms with Gasteiger partial charge in [-0.15, -0.1) is 0 Å². The van der Waals surface area contributed by atoms with Gasteiger partial charge in [0.25, 0.3) is 0 Å². The van der Waals surface area contributed by atoms with Gasteiger partial charge in [-0.2, -0.15) is 0 Å². The number of piperidine rings is 1. The highest BCUT2D eigenvalue weighted by Crippen LogP contribution is 2.23. The summed E-state index contributed by atoms with van der Waals surface area (Å²) in [5, 5.41) is 3.44. The van der Waals surface area contributed by atoms with Crippen molar-refractivity contribution in [3.63, 3.8) is 0 Å². The zero-order chi connectivity index (χ0) is 15.7. The molecule has 0 aromatic rings. The highest BCUT2D eigenvalue weighted by Gasteiger charge is 2.19. The summed E-state index contributed by atoms with van der Waals surface area (Å²) >= 11 is 0. The molecule has 0 radical (unpaired) electrons. The predicted octanol–water partition coefficient (Wildman–Crippen LogP) is 4.82. The lowest BCUT2D eigenvalue weighted by molar-refractivity contribution is 0.175. The molecule has 0 bridgehead atoms. The number of likely N-dealkylation sites (tertiary alicyclic amines) is 1. The van der Waals surface area contributed by atoms with E-state index in [0.717, 1.165) is 18.4 Å². The van der Waals surface area contributed by atoms with Crippen LogP contribution in [-0.4, -0.2) is 30.6 Å². The third kappa shape index (κ3) is 9.18. The molecule has 124 valence electrons. The van der Waals surface area contributed by atoms with Gasteiger partial charge in [-0.3, -0.25) is 4.90 Å². The average Bonchev–Trinajstić information content (AvgIpc) is 2.37. The van der Waals surface area contributed by atoms with Crippen molar-refractivity contribution in [2.24, 2.45) is 11.8 Å². The second-order valence-corrected chi connectivity index (χ2v) is 7.68. The van der Waals surface area contributed by atoms with Gasteiger partial charge in [0, 0.05) is 24.8 Å². The normalized spacial score (nSPS) is 20.2. The van der Waals surface area contributed by atoms with Crippen molar-refractivity contribution in [2.75, 3.05) is 19.6 Å². The van der Waals surface area contributed by atoms with Crippen molar-refractivity contribution in [1.82, 2.24) is 10.2 Å². The standard InChI is InChI=1S/C19H38N2/c1-16(2)10-7-6-8-11-19-12-9-13-21(15-19)14-18(5)20-17(3)4/h16-17,19-20H,5-15H2,1-4H3. The lowest BCUT2D eigenvalue weighted by Gasteiger charge is -2.33. The number of nitrogens with zero attached hydrogens (tertiary/aromatic N) is 1. The predicted molar refractivity (Wildman–Crippen MR) is 94.5 cm³/mol. The van der Waals surface area contributed by atoms with Crippen LogP contribution in [0.2, 0.25) is 0 Å². The molecule has 1 unspecified atom stereocenters. The van der Waals surface area contributed by atoms with E-state index in [-0.39, 0.29) is 0 Å². The van der Waals surface area contributed by atoms with E-state index < -0.39 is 0 Å². The molecule has 0 saturated carbocycles. The Bertz CT molecular complexity index is 283. The summed E-state index contributed by atoms with van der Waals surface area (Å²) in [5.41, 5.74) is 1.18. The van der Waals surface area contributed by atoms with E-state index in [9.17, 15) is 0 Å². The second-order valence-electron chi connectivity index (χ2n) is 7.68. The van der Waals surface area contributed by atoms with Gasteiger partial charge < -0.3 is 5.32 Å². The molecule has 0 amide bonds. The van der Waals surface area contributed by atoms with Gasteiger partial charge in [-0.05, 0) is 51.5 Å². The Morgan fingerprint density at radius 3 is 2.62 bits per heavy atom. The first-order valence-corrected chi connectivity index (χ1v) is 9.14. The molecular formula is C19H38N2. The lowest BCUT2D eigenvalue weighted by atomic mass is 9.92. The number of unbranched alkanes of at least 4 members (excludes halogenated alkanes) is 2. The van der Waals surface area contributed by atoms with Crippen LogP contribution in [0.25, 0.3) is 0 Å². The number of rotatable bonds is 10. The molecule has 0 aromatic heterocycles. The van der Waals surface area contributed by atoms with Crippen LogP contribution in [0.5, 0.6) is 0 Å². The van der Waals surface area contributed by atoms with E-state index in [1.807, 2.05) is 0 Å². The number of hydrogen-bond donors (Lipinski definition) is 1. The van der Waals surface area contributed by atoms with Crippen LogP contribution in [0.1, 0.15) is 72.6 Å². The summed E-state index contributed by atoms with van der Waals surface area (Å²) < 4.78 is 0. The van der Waals surface area contributed by atoms with Crippen LogP contribution in [-0.2, 0) is 0 Å². The smallest absolute Gasteiger partial charge is 0.0375 e. The largest absolute Gasteiger partial charge is 0.386 e. The monoisotopic (exact) mass is 294 g/mol. The van der Waals surface area contributed by atoms with Gasteiger partial charge in [-0.25, -0.2) is 0 Å². The van der Waals surface area contributed by atoms with E-state index in [1.165, 1.54) is 63.7 Å². The van der Waals surface area contributed by atoms with Crippen LogP contribution in [0, 0.1) is 11.8 Å². The Balaban J connectivity index is 2.15. The first kappa shape index (κ1) is 18.5. The van der Waals surface area contributed by atoms with Crippen LogP contribution >= 0.6 is 0 Å². The van der Waals surface area contributed by atoms with Crippen molar-refractivity contribution in [2.45, 2.75) is 78.7 Å². The molecule has 0 spiro atoms. The molecule has 1 atom stereocenters. The fourth-order valence-electron chi connectivity index (χ4n) is 3.42. The molecule has 0 aromatic carbocycles. The van der Waals surface area contributed by atoms with Crippen molar-refractivity contribution < 1.29 is 0 Å². The summed E-state index contributed by atoms with van der Waals surface area (Å²) in [6.07, 6.45) is 9.91. The minimum absolute atomic E-state index is 0.499. The van der Waals surface area contributed by atoms with E-state index in [2.05, 4.69) is 44.5 Å². The Hall–Kier alpha value is -0.500. The molecule has 1 saturated heterocycles. The molecule has 0 aliphatic carbocycles. The highest BCUT2D eigenvalue weighted by molar-refractivity contribution is 4.96. The van der Waals surface area contributed by atoms with Gasteiger partial charge in [0.1, 0.15) is 0 Å². The maximum Gasteiger partial charge on any atom is 0.0375 e. The minimum Gasteiger partial charge on any atom is -0.386 e. The molecule has 21 heavy (non-hydrogen) atoms. The Kier molecular flexibility index (Phi) is 9.07. The van der Waals surface area contributed by atoms with Crippen LogP contribution in [0.4, 0.5) is 0 Å². The molecular weight excluding hydrogens is 256 g/mol. The van der Waals surface area contributed by atoms with Crippen molar-refractivity contribution in [3.8, 4) is 0 Å². The number of nitrogens with one attached hydrogen (secondary N) is 1. The molecule has 1 N–H and O–H groups in total. The molecule has 1 heterocycles. The molecule has 2 heteroatoms. The maximum atomic E-state index is 4.16. The Morgan fingerprint density at radius 2 is 1.95 bits per heavy atom. The highest BCUT2D eigenvalue weighted by atomic mass is 15.1. The maximum absolute atomic E-state index is 4.16. The second kappa shape index (κ2) is 10.3. The van der Waals surface area contributed by atoms with Gasteiger partial charge in [-0.1, -0.05) is 46.1 Å². The number of hydrogen-bond acceptors (Lipinski definition) is 2. The SMILES string of the molecule is C=C(CN1CCCC(CCCCCC(C)C)C1)NC(C)C. The first-order valence-electron chi connectivity index (χ1n) is 9.14. The van der Waals surface area contributed by atoms with Crippen molar-refractivity contribution >= 4 is 0 Å². The summed E-state index contributed by atoms with van der Waals surface area (Å²) in [7, 11) is 0. The average molecular weight is 295 g/mol. The third-order valence-electron chi connectivity index (χ3n) is 4.40. The topological polar surface area (TPSA) is 15.3 Å². The zero-order valence-corrected chi connectivity index (χ0v) is 15.0. The Labute approximate surface area is 133 Å². The quantitative estimate of drug-likeness (QED) is 0.581. The van der Waals surface area contributed by atoms with Crippen LogP contribution < -0.4 is 5.32 Å². The summed E-state index contributed by atoms with van der Waals surface area (Å²) in [6.45, 7) is 16.8. The summed E-state index contributed by atoms with van der Waals surface area (Å²) in [6, 6.07) is 0.499. The van der Waals surface area contributed by atoms with Gasteiger partial charge in [0.15, 0.2) is 0 Å². The van der Waals surface area contributed by atoms with Gasteiger partial charge >= 0.3 is 0 Å². The van der Waals surface area contributed by atoms with Gasteiger partial charge in [0.2, 0.25) is 0 Å². The zero-order valence-electron chi connectivity index (χ0n) is 15.0. The van der Waals surface area contributed by atoms with E-state index in [1.54, 1.807) is 0 Å². The van der Waals surface area contributed by atoms with Crippen LogP contribution in [0.3, 0.4) is 0 Å². The third-order valence-corrected chi connectivity index (χ3v) is 4.40. The summed E-state index contributed by atoms with van der Waals surface area (Å²) in [4.78, 5) is 2.60. The molecule has 1 rings (SSSR count). The fraction of sp³-hybridized carbons (Fsp3) is 0.895. The lowest BCUT2D eigenvalue weighted by Crippen LogP contribution is -2.39. The van der Waals surface area contributed by atoms with Gasteiger partial charge in [0.05, 0.1) is 0 Å². The Morgan fingerprint density at radius 1 is 1.19 bits per heavy atom. The van der Waals surface area contributed by atoms with Crippen molar-refractivity contribution in [1.29, 1.82) is 0 Å². The molecule has 1 fully saturated rings. The van der Waals surface area contributed by atoms with E-state index >= 15 is 0 Å². The van der Waals surface area contributed by atoms with E-state index in [4.69, 9.17) is 0 Å². The molecule has 2 nitrogen and oxygen atoms in total. The van der Waals surface area contributed by atoms with Crippen LogP contribution in [0.15, 0.2) is 12.3 Å².